The van der Waals surface area contributed by atoms with Crippen molar-refractivity contribution in [2.45, 2.75) is 44.2 Å². The molecule has 1 rings (SSSR count). The van der Waals surface area contributed by atoms with E-state index in [0.717, 1.165) is 31.0 Å². The predicted molar refractivity (Wildman–Crippen MR) is 124 cm³/mol. The fourth-order valence-electron chi connectivity index (χ4n) is 3.19. The fourth-order valence-corrected chi connectivity index (χ4v) is 3.19. The summed E-state index contributed by atoms with van der Waals surface area (Å²) in [5.41, 5.74) is 4.69. The fraction of sp³-hybridized carbons (Fsp3) is 0.550. The number of likely N-dealkylation sites (N-methyl/N-ethyl adjacent to an activating group) is 1. The second-order valence-corrected chi connectivity index (χ2v) is 7.55. The van der Waals surface area contributed by atoms with E-state index in [1.807, 2.05) is 0 Å². The average Bonchev–Trinajstić information content (AvgIpc) is 2.82. The Hall–Kier alpha value is -3.07. The number of carbonyl (C=O) groups is 3. The van der Waals surface area contributed by atoms with E-state index in [4.69, 9.17) is 10.5 Å². The zero-order valence-electron chi connectivity index (χ0n) is 19.3. The molecule has 2 atom stereocenters. The quantitative estimate of drug-likeness (QED) is 0.0542. The summed E-state index contributed by atoms with van der Waals surface area (Å²) in [5, 5.41) is 37.7. The number of rotatable bonds is 15. The van der Waals surface area contributed by atoms with E-state index in [0.29, 0.717) is 13.0 Å². The van der Waals surface area contributed by atoms with Crippen molar-refractivity contribution < 1.29 is 34.1 Å². The molecule has 0 bridgehead atoms. The molecule has 0 aliphatic rings. The van der Waals surface area contributed by atoms with Crippen molar-refractivity contribution in [2.24, 2.45) is 5.73 Å². The van der Waals surface area contributed by atoms with Crippen LogP contribution in [-0.4, -0.2) is 79.2 Å². The summed E-state index contributed by atoms with van der Waals surface area (Å²) in [6.07, 6.45) is 2.53. The first-order valence-electron chi connectivity index (χ1n) is 10.8. The molecule has 0 aromatic heterocycles. The molecule has 1 aromatic carbocycles. The molecule has 0 spiro atoms. The SMILES string of the molecule is CNC(CCCCN)C(=O)NC(CCCNC(=O)c1cc(B(O)O)cc([N+](=O)[O-])c1)C(=O)OC. The first-order valence-corrected chi connectivity index (χ1v) is 10.8. The lowest BCUT2D eigenvalue weighted by Crippen LogP contribution is -2.49. The number of nitrogens with one attached hydrogen (secondary N) is 3. The molecule has 14 heteroatoms. The summed E-state index contributed by atoms with van der Waals surface area (Å²) in [6.45, 7) is 0.612. The lowest BCUT2D eigenvalue weighted by atomic mass is 9.79. The maximum absolute atomic E-state index is 12.5. The number of non-ortho nitro benzene ring substituents is 1. The lowest BCUT2D eigenvalue weighted by Gasteiger charge is -2.21. The summed E-state index contributed by atoms with van der Waals surface area (Å²) in [4.78, 5) is 47.3. The maximum Gasteiger partial charge on any atom is 0.488 e. The number of amides is 2. The molecule has 0 aliphatic heterocycles. The summed E-state index contributed by atoms with van der Waals surface area (Å²) in [5.74, 6) is -1.65. The molecule has 2 unspecified atom stereocenters. The van der Waals surface area contributed by atoms with Gasteiger partial charge in [-0.3, -0.25) is 19.7 Å². The van der Waals surface area contributed by atoms with Gasteiger partial charge >= 0.3 is 13.1 Å². The van der Waals surface area contributed by atoms with Gasteiger partial charge in [0.1, 0.15) is 6.04 Å². The maximum atomic E-state index is 12.5. The number of hydrogen-bond donors (Lipinski definition) is 6. The summed E-state index contributed by atoms with van der Waals surface area (Å²) in [7, 11) is 0.868. The second-order valence-electron chi connectivity index (χ2n) is 7.55. The van der Waals surface area contributed by atoms with E-state index in [1.165, 1.54) is 7.11 Å². The number of nitro groups is 1. The van der Waals surface area contributed by atoms with Crippen molar-refractivity contribution in [3.05, 3.63) is 33.9 Å². The number of methoxy groups -OCH3 is 1. The minimum absolute atomic E-state index is 0.0911. The van der Waals surface area contributed by atoms with Crippen LogP contribution >= 0.6 is 0 Å². The van der Waals surface area contributed by atoms with Gasteiger partial charge in [0.05, 0.1) is 18.1 Å². The molecule has 13 nitrogen and oxygen atoms in total. The number of hydrogen-bond acceptors (Lipinski definition) is 10. The Morgan fingerprint density at radius 1 is 1.15 bits per heavy atom. The van der Waals surface area contributed by atoms with Gasteiger partial charge in [0.15, 0.2) is 0 Å². The number of nitrogens with two attached hydrogens (primary N) is 1. The summed E-state index contributed by atoms with van der Waals surface area (Å²) >= 11 is 0. The average molecular weight is 481 g/mol. The normalized spacial score (nSPS) is 12.4. The van der Waals surface area contributed by atoms with E-state index < -0.39 is 41.7 Å². The second kappa shape index (κ2) is 15.0. The van der Waals surface area contributed by atoms with Crippen LogP contribution in [0.1, 0.15) is 42.5 Å². The smallest absolute Gasteiger partial charge is 0.467 e. The van der Waals surface area contributed by atoms with Crippen LogP contribution in [0.25, 0.3) is 0 Å². The topological polar surface area (TPSA) is 206 Å². The van der Waals surface area contributed by atoms with Crippen LogP contribution in [0.2, 0.25) is 0 Å². The summed E-state index contributed by atoms with van der Waals surface area (Å²) in [6, 6.07) is 1.69. The number of unbranched alkanes of at least 4 members (excludes halogenated alkanes) is 1. The van der Waals surface area contributed by atoms with E-state index in [9.17, 15) is 34.5 Å². The molecular formula is C20H32BN5O8. The van der Waals surface area contributed by atoms with Gasteiger partial charge in [-0.15, -0.1) is 0 Å². The van der Waals surface area contributed by atoms with Crippen molar-refractivity contribution in [3.63, 3.8) is 0 Å². The first kappa shape index (κ1) is 29.0. The van der Waals surface area contributed by atoms with Gasteiger partial charge in [0.2, 0.25) is 5.91 Å². The zero-order chi connectivity index (χ0) is 25.7. The molecule has 0 fully saturated rings. The number of nitrogens with zero attached hydrogens (tertiary/aromatic N) is 1. The third-order valence-electron chi connectivity index (χ3n) is 5.08. The van der Waals surface area contributed by atoms with Crippen molar-refractivity contribution >= 4 is 36.1 Å². The van der Waals surface area contributed by atoms with Gasteiger partial charge in [-0.25, -0.2) is 4.79 Å². The number of nitro benzene ring substituents is 1. The highest BCUT2D eigenvalue weighted by Crippen LogP contribution is 2.12. The Balaban J connectivity index is 2.70. The number of esters is 1. The van der Waals surface area contributed by atoms with Gasteiger partial charge in [0.25, 0.3) is 11.6 Å². The predicted octanol–water partition coefficient (Wildman–Crippen LogP) is -1.84. The molecule has 0 heterocycles. The van der Waals surface area contributed by atoms with Crippen LogP contribution in [0.5, 0.6) is 0 Å². The monoisotopic (exact) mass is 481 g/mol. The number of carbonyl (C=O) groups excluding carboxylic acids is 3. The van der Waals surface area contributed by atoms with Gasteiger partial charge in [-0.1, -0.05) is 6.42 Å². The van der Waals surface area contributed by atoms with E-state index >= 15 is 0 Å². The Morgan fingerprint density at radius 2 is 1.82 bits per heavy atom. The van der Waals surface area contributed by atoms with Gasteiger partial charge < -0.3 is 36.5 Å². The molecule has 0 saturated carbocycles. The van der Waals surface area contributed by atoms with Crippen molar-refractivity contribution in [3.8, 4) is 0 Å². The van der Waals surface area contributed by atoms with Crippen molar-refractivity contribution in [2.75, 3.05) is 27.2 Å². The van der Waals surface area contributed by atoms with Crippen LogP contribution < -0.4 is 27.1 Å². The number of benzene rings is 1. The Bertz CT molecular complexity index is 854. The van der Waals surface area contributed by atoms with Gasteiger partial charge in [0, 0.05) is 24.2 Å². The Morgan fingerprint density at radius 3 is 2.38 bits per heavy atom. The van der Waals surface area contributed by atoms with E-state index in [1.54, 1.807) is 7.05 Å². The molecule has 0 saturated heterocycles. The van der Waals surface area contributed by atoms with E-state index in [2.05, 4.69) is 16.0 Å². The zero-order valence-corrected chi connectivity index (χ0v) is 19.3. The highest BCUT2D eigenvalue weighted by Gasteiger charge is 2.25. The first-order chi connectivity index (χ1) is 16.1. The molecule has 7 N–H and O–H groups in total. The lowest BCUT2D eigenvalue weighted by molar-refractivity contribution is -0.384. The van der Waals surface area contributed by atoms with Crippen LogP contribution in [0.3, 0.4) is 0 Å². The molecule has 188 valence electrons. The van der Waals surface area contributed by atoms with Gasteiger partial charge in [-0.05, 0) is 50.8 Å². The third kappa shape index (κ3) is 9.43. The standard InChI is InChI=1S/C20H32BN5O8/c1-23-16(6-3-4-8-22)19(28)25-17(20(29)34-2)7-5-9-24-18(27)13-10-14(21(30)31)12-15(11-13)26(32)33/h10-12,16-17,23,30-31H,3-9,22H2,1-2H3,(H,24,27)(H,25,28). The molecule has 2 amide bonds. The Kier molecular flexibility index (Phi) is 12.7. The molecule has 0 radical (unpaired) electrons. The van der Waals surface area contributed by atoms with Crippen LogP contribution in [-0.2, 0) is 14.3 Å². The molecular weight excluding hydrogens is 449 g/mol. The molecule has 0 aliphatic carbocycles. The highest BCUT2D eigenvalue weighted by atomic mass is 16.6. The minimum atomic E-state index is -1.98. The molecule has 34 heavy (non-hydrogen) atoms. The van der Waals surface area contributed by atoms with Crippen molar-refractivity contribution in [1.29, 1.82) is 0 Å². The van der Waals surface area contributed by atoms with Gasteiger partial charge in [-0.2, -0.15) is 0 Å². The number of ether oxygens (including phenoxy) is 1. The van der Waals surface area contributed by atoms with Crippen LogP contribution in [0.4, 0.5) is 5.69 Å². The largest absolute Gasteiger partial charge is 0.488 e. The Labute approximate surface area is 197 Å². The summed E-state index contributed by atoms with van der Waals surface area (Å²) < 4.78 is 4.75. The third-order valence-corrected chi connectivity index (χ3v) is 5.08. The highest BCUT2D eigenvalue weighted by molar-refractivity contribution is 6.58. The van der Waals surface area contributed by atoms with Crippen LogP contribution in [0.15, 0.2) is 18.2 Å². The molecule has 1 aromatic rings. The van der Waals surface area contributed by atoms with Crippen LogP contribution in [0, 0.1) is 10.1 Å². The van der Waals surface area contributed by atoms with E-state index in [-0.39, 0.29) is 36.3 Å². The minimum Gasteiger partial charge on any atom is -0.467 e. The van der Waals surface area contributed by atoms with Crippen molar-refractivity contribution in [1.82, 2.24) is 16.0 Å².